The second-order valence-electron chi connectivity index (χ2n) is 3.54. The summed E-state index contributed by atoms with van der Waals surface area (Å²) in [5.41, 5.74) is 0. The van der Waals surface area contributed by atoms with Crippen molar-refractivity contribution in [2.24, 2.45) is 0 Å². The van der Waals surface area contributed by atoms with Gasteiger partial charge in [0.25, 0.3) is 0 Å². The molecule has 1 atom stereocenters. The maximum Gasteiger partial charge on any atom is 0.318 e. The zero-order valence-corrected chi connectivity index (χ0v) is 9.40. The Morgan fingerprint density at radius 1 is 1.53 bits per heavy atom. The van der Waals surface area contributed by atoms with Crippen molar-refractivity contribution in [2.75, 3.05) is 30.5 Å². The highest BCUT2D eigenvalue weighted by molar-refractivity contribution is 6.17. The Morgan fingerprint density at radius 2 is 2.40 bits per heavy atom. The van der Waals surface area contributed by atoms with Crippen LogP contribution in [-0.4, -0.2) is 41.9 Å². The molecule has 2 rings (SSSR count). The van der Waals surface area contributed by atoms with Gasteiger partial charge in [0.1, 0.15) is 0 Å². The third-order valence-electron chi connectivity index (χ3n) is 2.28. The van der Waals surface area contributed by atoms with Crippen LogP contribution in [0.1, 0.15) is 12.8 Å². The molecular formula is C9H14ClN3O2. The Kier molecular flexibility index (Phi) is 3.43. The second kappa shape index (κ2) is 4.81. The van der Waals surface area contributed by atoms with Crippen molar-refractivity contribution in [2.45, 2.75) is 19.4 Å². The summed E-state index contributed by atoms with van der Waals surface area (Å²) in [5.74, 6) is 1.10. The summed E-state index contributed by atoms with van der Waals surface area (Å²) >= 11 is 5.59. The number of anilines is 1. The number of alkyl halides is 1. The molecule has 15 heavy (non-hydrogen) atoms. The molecule has 0 saturated carbocycles. The Balaban J connectivity index is 2.01. The topological polar surface area (TPSA) is 51.4 Å². The number of halogens is 1. The van der Waals surface area contributed by atoms with Crippen LogP contribution in [0.25, 0.3) is 0 Å². The molecule has 1 aliphatic rings. The number of aromatic nitrogens is 2. The summed E-state index contributed by atoms with van der Waals surface area (Å²) in [6.07, 6.45) is 0.830. The van der Waals surface area contributed by atoms with Crippen LogP contribution in [0.3, 0.4) is 0 Å². The summed E-state index contributed by atoms with van der Waals surface area (Å²) in [6, 6.07) is 0.574. The standard InChI is InChI=1S/C9H14ClN3O2/c1-7-6-13(4-5-14-7)9-12-11-8(15-9)2-3-10/h7H,2-6H2,1H3. The molecule has 0 N–H and O–H groups in total. The molecule has 2 heterocycles. The van der Waals surface area contributed by atoms with Crippen molar-refractivity contribution >= 4 is 17.6 Å². The molecule has 1 unspecified atom stereocenters. The molecule has 1 aromatic heterocycles. The average molecular weight is 232 g/mol. The summed E-state index contributed by atoms with van der Waals surface area (Å²) in [4.78, 5) is 2.04. The van der Waals surface area contributed by atoms with Crippen molar-refractivity contribution in [3.63, 3.8) is 0 Å². The lowest BCUT2D eigenvalue weighted by Gasteiger charge is -2.29. The van der Waals surface area contributed by atoms with Crippen LogP contribution in [0, 0.1) is 0 Å². The highest BCUT2D eigenvalue weighted by Crippen LogP contribution is 2.16. The van der Waals surface area contributed by atoms with E-state index < -0.39 is 0 Å². The molecule has 1 aliphatic heterocycles. The van der Waals surface area contributed by atoms with Crippen LogP contribution >= 0.6 is 11.6 Å². The van der Waals surface area contributed by atoms with Crippen LogP contribution in [0.5, 0.6) is 0 Å². The van der Waals surface area contributed by atoms with E-state index in [1.54, 1.807) is 0 Å². The van der Waals surface area contributed by atoms with Gasteiger partial charge in [0, 0.05) is 25.4 Å². The average Bonchev–Trinajstić information content (AvgIpc) is 2.67. The lowest BCUT2D eigenvalue weighted by Crippen LogP contribution is -2.41. The first-order valence-corrected chi connectivity index (χ1v) is 5.58. The number of nitrogens with zero attached hydrogens (tertiary/aromatic N) is 3. The Hall–Kier alpha value is -0.810. The fraction of sp³-hybridized carbons (Fsp3) is 0.778. The Morgan fingerprint density at radius 3 is 3.13 bits per heavy atom. The predicted molar refractivity (Wildman–Crippen MR) is 56.3 cm³/mol. The SMILES string of the molecule is CC1CN(c2nnc(CCCl)o2)CCO1. The highest BCUT2D eigenvalue weighted by atomic mass is 35.5. The molecular weight excluding hydrogens is 218 g/mol. The first kappa shape index (κ1) is 10.7. The van der Waals surface area contributed by atoms with Gasteiger partial charge < -0.3 is 14.1 Å². The van der Waals surface area contributed by atoms with Crippen molar-refractivity contribution in [3.05, 3.63) is 5.89 Å². The van der Waals surface area contributed by atoms with Crippen LogP contribution in [0.4, 0.5) is 6.01 Å². The van der Waals surface area contributed by atoms with Crippen molar-refractivity contribution in [3.8, 4) is 0 Å². The van der Waals surface area contributed by atoms with Gasteiger partial charge in [-0.3, -0.25) is 0 Å². The molecule has 84 valence electrons. The maximum absolute atomic E-state index is 5.59. The Bertz CT molecular complexity index is 318. The highest BCUT2D eigenvalue weighted by Gasteiger charge is 2.21. The van der Waals surface area contributed by atoms with Crippen LogP contribution in [0.15, 0.2) is 4.42 Å². The third kappa shape index (κ3) is 2.60. The molecule has 0 bridgehead atoms. The van der Waals surface area contributed by atoms with E-state index in [-0.39, 0.29) is 6.10 Å². The lowest BCUT2D eigenvalue weighted by molar-refractivity contribution is 0.0513. The van der Waals surface area contributed by atoms with E-state index in [0.29, 0.717) is 30.8 Å². The number of aryl methyl sites for hydroxylation is 1. The van der Waals surface area contributed by atoms with Gasteiger partial charge in [0.05, 0.1) is 12.7 Å². The quantitative estimate of drug-likeness (QED) is 0.729. The van der Waals surface area contributed by atoms with Gasteiger partial charge in [0.2, 0.25) is 5.89 Å². The Labute approximate surface area is 93.4 Å². The number of rotatable bonds is 3. The summed E-state index contributed by atoms with van der Waals surface area (Å²) in [6.45, 7) is 4.33. The van der Waals surface area contributed by atoms with E-state index >= 15 is 0 Å². The third-order valence-corrected chi connectivity index (χ3v) is 2.47. The van der Waals surface area contributed by atoms with E-state index in [4.69, 9.17) is 20.8 Å². The minimum Gasteiger partial charge on any atom is -0.408 e. The van der Waals surface area contributed by atoms with E-state index in [1.165, 1.54) is 0 Å². The maximum atomic E-state index is 5.59. The zero-order chi connectivity index (χ0) is 10.7. The smallest absolute Gasteiger partial charge is 0.318 e. The first-order chi connectivity index (χ1) is 7.29. The van der Waals surface area contributed by atoms with Gasteiger partial charge >= 0.3 is 6.01 Å². The monoisotopic (exact) mass is 231 g/mol. The first-order valence-electron chi connectivity index (χ1n) is 5.04. The number of ether oxygens (including phenoxy) is 1. The van der Waals surface area contributed by atoms with Crippen LogP contribution in [-0.2, 0) is 11.2 Å². The normalized spacial score (nSPS) is 22.0. The molecule has 0 amide bonds. The fourth-order valence-electron chi connectivity index (χ4n) is 1.55. The molecule has 5 nitrogen and oxygen atoms in total. The van der Waals surface area contributed by atoms with Gasteiger partial charge in [-0.15, -0.1) is 16.7 Å². The molecule has 0 radical (unpaired) electrons. The summed E-state index contributed by atoms with van der Waals surface area (Å²) in [7, 11) is 0. The van der Waals surface area contributed by atoms with E-state index in [2.05, 4.69) is 10.2 Å². The van der Waals surface area contributed by atoms with E-state index in [1.807, 2.05) is 11.8 Å². The largest absolute Gasteiger partial charge is 0.408 e. The zero-order valence-electron chi connectivity index (χ0n) is 8.65. The van der Waals surface area contributed by atoms with Gasteiger partial charge in [-0.1, -0.05) is 5.10 Å². The molecule has 6 heteroatoms. The molecule has 0 aliphatic carbocycles. The van der Waals surface area contributed by atoms with Crippen LogP contribution in [0.2, 0.25) is 0 Å². The van der Waals surface area contributed by atoms with Gasteiger partial charge in [0.15, 0.2) is 0 Å². The number of hydrogen-bond acceptors (Lipinski definition) is 5. The predicted octanol–water partition coefficient (Wildman–Crippen LogP) is 1.08. The van der Waals surface area contributed by atoms with Crippen LogP contribution < -0.4 is 4.90 Å². The number of hydrogen-bond donors (Lipinski definition) is 0. The van der Waals surface area contributed by atoms with Gasteiger partial charge in [-0.2, -0.15) is 0 Å². The molecule has 1 saturated heterocycles. The molecule has 0 spiro atoms. The summed E-state index contributed by atoms with van der Waals surface area (Å²) in [5, 5.41) is 7.91. The van der Waals surface area contributed by atoms with Gasteiger partial charge in [-0.05, 0) is 6.92 Å². The molecule has 1 fully saturated rings. The molecule has 0 aromatic carbocycles. The van der Waals surface area contributed by atoms with E-state index in [9.17, 15) is 0 Å². The van der Waals surface area contributed by atoms with Gasteiger partial charge in [-0.25, -0.2) is 0 Å². The van der Waals surface area contributed by atoms with E-state index in [0.717, 1.165) is 13.1 Å². The second-order valence-corrected chi connectivity index (χ2v) is 3.92. The minimum atomic E-state index is 0.210. The lowest BCUT2D eigenvalue weighted by atomic mass is 10.3. The number of morpholine rings is 1. The van der Waals surface area contributed by atoms with Crippen molar-refractivity contribution in [1.29, 1.82) is 0 Å². The summed E-state index contributed by atoms with van der Waals surface area (Å²) < 4.78 is 10.9. The molecule has 1 aromatic rings. The van der Waals surface area contributed by atoms with Crippen molar-refractivity contribution in [1.82, 2.24) is 10.2 Å². The van der Waals surface area contributed by atoms with Crippen molar-refractivity contribution < 1.29 is 9.15 Å². The minimum absolute atomic E-state index is 0.210. The fourth-order valence-corrected chi connectivity index (χ4v) is 1.71.